The zero-order valence-electron chi connectivity index (χ0n) is 10.8. The number of benzene rings is 2. The number of nitrogens with zero attached hydrogens (tertiary/aromatic N) is 1. The first kappa shape index (κ1) is 12.6. The van der Waals surface area contributed by atoms with Gasteiger partial charge in [-0.05, 0) is 17.2 Å². The Labute approximate surface area is 116 Å². The molecule has 1 unspecified atom stereocenters. The van der Waals surface area contributed by atoms with Crippen LogP contribution < -0.4 is 5.48 Å². The smallest absolute Gasteiger partial charge is 0.152 e. The molecular formula is C16H14N2O2. The van der Waals surface area contributed by atoms with E-state index in [1.165, 1.54) is 0 Å². The van der Waals surface area contributed by atoms with E-state index >= 15 is 0 Å². The maximum atomic E-state index is 12.5. The van der Waals surface area contributed by atoms with Gasteiger partial charge < -0.3 is 0 Å². The van der Waals surface area contributed by atoms with Gasteiger partial charge in [0.05, 0.1) is 5.69 Å². The predicted molar refractivity (Wildman–Crippen MR) is 76.4 cm³/mol. The molecule has 2 aromatic carbocycles. The summed E-state index contributed by atoms with van der Waals surface area (Å²) in [5.41, 5.74) is 4.58. The molecule has 1 aliphatic heterocycles. The molecule has 2 N–H and O–H groups in total. The monoisotopic (exact) mass is 266 g/mol. The van der Waals surface area contributed by atoms with Crippen molar-refractivity contribution in [1.82, 2.24) is 5.48 Å². The number of hydroxylamine groups is 1. The standard InChI is InChI=1S/C16H14N2O2/c19-14(10-11-6-2-1-3-7-11)15-12-8-4-5-9-13(12)17-16(15)18-20/h1-9,15,20H,10H2,(H,17,18). The van der Waals surface area contributed by atoms with E-state index in [0.29, 0.717) is 12.3 Å². The van der Waals surface area contributed by atoms with Gasteiger partial charge in [-0.2, -0.15) is 0 Å². The van der Waals surface area contributed by atoms with Gasteiger partial charge in [-0.3, -0.25) is 15.5 Å². The van der Waals surface area contributed by atoms with E-state index in [-0.39, 0.29) is 5.78 Å². The zero-order valence-corrected chi connectivity index (χ0v) is 10.8. The minimum absolute atomic E-state index is 0.0152. The first-order valence-corrected chi connectivity index (χ1v) is 6.44. The van der Waals surface area contributed by atoms with Gasteiger partial charge in [-0.15, -0.1) is 0 Å². The van der Waals surface area contributed by atoms with Crippen LogP contribution in [-0.2, 0) is 11.2 Å². The molecule has 0 saturated heterocycles. The molecule has 1 aliphatic rings. The molecule has 0 spiro atoms. The molecule has 1 atom stereocenters. The van der Waals surface area contributed by atoms with Gasteiger partial charge in [0.25, 0.3) is 0 Å². The summed E-state index contributed by atoms with van der Waals surface area (Å²) in [5, 5.41) is 9.19. The van der Waals surface area contributed by atoms with Crippen LogP contribution in [0.25, 0.3) is 0 Å². The second-order valence-electron chi connectivity index (χ2n) is 4.73. The Morgan fingerprint density at radius 2 is 1.80 bits per heavy atom. The summed E-state index contributed by atoms with van der Waals surface area (Å²) < 4.78 is 0. The Hall–Kier alpha value is -2.46. The Bertz CT molecular complexity index is 665. The minimum Gasteiger partial charge on any atom is -0.298 e. The lowest BCUT2D eigenvalue weighted by Crippen LogP contribution is -2.30. The fourth-order valence-electron chi connectivity index (χ4n) is 2.49. The van der Waals surface area contributed by atoms with E-state index < -0.39 is 5.92 Å². The van der Waals surface area contributed by atoms with Crippen molar-refractivity contribution in [3.05, 3.63) is 65.7 Å². The number of hydrogen-bond donors (Lipinski definition) is 2. The highest BCUT2D eigenvalue weighted by Gasteiger charge is 2.32. The number of para-hydroxylation sites is 1. The second-order valence-corrected chi connectivity index (χ2v) is 4.73. The molecule has 100 valence electrons. The van der Waals surface area contributed by atoms with Gasteiger partial charge in [-0.25, -0.2) is 4.99 Å². The Morgan fingerprint density at radius 1 is 1.10 bits per heavy atom. The SMILES string of the molecule is O=C(Cc1ccccc1)C1C(NO)=Nc2ccccc21. The number of rotatable bonds is 3. The van der Waals surface area contributed by atoms with Gasteiger partial charge in [0, 0.05) is 6.42 Å². The average Bonchev–Trinajstić information content (AvgIpc) is 2.86. The Kier molecular flexibility index (Phi) is 3.31. The van der Waals surface area contributed by atoms with Crippen molar-refractivity contribution in [3.63, 3.8) is 0 Å². The quantitative estimate of drug-likeness (QED) is 0.839. The topological polar surface area (TPSA) is 61.7 Å². The number of hydrogen-bond acceptors (Lipinski definition) is 4. The van der Waals surface area contributed by atoms with Crippen molar-refractivity contribution >= 4 is 17.3 Å². The van der Waals surface area contributed by atoms with Crippen LogP contribution in [0.15, 0.2) is 59.6 Å². The number of carbonyl (C=O) groups excluding carboxylic acids is 1. The normalized spacial score (nSPS) is 16.4. The highest BCUT2D eigenvalue weighted by Crippen LogP contribution is 2.35. The highest BCUT2D eigenvalue weighted by molar-refractivity contribution is 6.13. The van der Waals surface area contributed by atoms with Crippen LogP contribution in [0.2, 0.25) is 0 Å². The Balaban J connectivity index is 1.89. The van der Waals surface area contributed by atoms with Crippen molar-refractivity contribution in [1.29, 1.82) is 0 Å². The number of ketones is 1. The van der Waals surface area contributed by atoms with E-state index in [1.807, 2.05) is 54.6 Å². The largest absolute Gasteiger partial charge is 0.298 e. The van der Waals surface area contributed by atoms with Crippen LogP contribution in [0.4, 0.5) is 5.69 Å². The summed E-state index contributed by atoms with van der Waals surface area (Å²) in [4.78, 5) is 16.8. The number of aliphatic imine (C=N–C) groups is 1. The molecule has 4 nitrogen and oxygen atoms in total. The molecule has 0 bridgehead atoms. The van der Waals surface area contributed by atoms with Gasteiger partial charge >= 0.3 is 0 Å². The maximum Gasteiger partial charge on any atom is 0.152 e. The van der Waals surface area contributed by atoms with E-state index in [4.69, 9.17) is 0 Å². The van der Waals surface area contributed by atoms with E-state index in [9.17, 15) is 10.0 Å². The number of fused-ring (bicyclic) bond motifs is 1. The third-order valence-electron chi connectivity index (χ3n) is 3.42. The summed E-state index contributed by atoms with van der Waals surface area (Å²) in [6, 6.07) is 17.0. The first-order valence-electron chi connectivity index (χ1n) is 6.44. The molecule has 0 amide bonds. The second kappa shape index (κ2) is 5.27. The molecule has 3 rings (SSSR count). The molecule has 0 fully saturated rings. The van der Waals surface area contributed by atoms with Crippen LogP contribution in [-0.4, -0.2) is 16.8 Å². The lowest BCUT2D eigenvalue weighted by molar-refractivity contribution is -0.118. The van der Waals surface area contributed by atoms with E-state index in [2.05, 4.69) is 10.5 Å². The van der Waals surface area contributed by atoms with Crippen LogP contribution in [0.5, 0.6) is 0 Å². The summed E-state index contributed by atoms with van der Waals surface area (Å²) in [6.45, 7) is 0. The molecular weight excluding hydrogens is 252 g/mol. The molecule has 0 aromatic heterocycles. The number of nitrogens with one attached hydrogen (secondary N) is 1. The van der Waals surface area contributed by atoms with Gasteiger partial charge in [0.2, 0.25) is 0 Å². The van der Waals surface area contributed by atoms with Crippen molar-refractivity contribution in [2.24, 2.45) is 4.99 Å². The van der Waals surface area contributed by atoms with Crippen molar-refractivity contribution in [2.45, 2.75) is 12.3 Å². The fraction of sp³-hybridized carbons (Fsp3) is 0.125. The van der Waals surface area contributed by atoms with Crippen LogP contribution >= 0.6 is 0 Å². The van der Waals surface area contributed by atoms with Crippen molar-refractivity contribution in [2.75, 3.05) is 0 Å². The summed E-state index contributed by atoms with van der Waals surface area (Å²) in [7, 11) is 0. The van der Waals surface area contributed by atoms with E-state index in [0.717, 1.165) is 16.8 Å². The molecule has 0 saturated carbocycles. The molecule has 4 heteroatoms. The van der Waals surface area contributed by atoms with Crippen molar-refractivity contribution in [3.8, 4) is 0 Å². The van der Waals surface area contributed by atoms with Crippen LogP contribution in [0.1, 0.15) is 17.0 Å². The third-order valence-corrected chi connectivity index (χ3v) is 3.42. The van der Waals surface area contributed by atoms with Gasteiger partial charge in [0.15, 0.2) is 5.78 Å². The number of carbonyl (C=O) groups is 1. The molecule has 2 aromatic rings. The van der Waals surface area contributed by atoms with Crippen molar-refractivity contribution < 1.29 is 10.0 Å². The lowest BCUT2D eigenvalue weighted by Gasteiger charge is -2.12. The molecule has 0 radical (unpaired) electrons. The predicted octanol–water partition coefficient (Wildman–Crippen LogP) is 2.60. The number of Topliss-reactive ketones (excluding diaryl/α,β-unsaturated/α-hetero) is 1. The third kappa shape index (κ3) is 2.21. The van der Waals surface area contributed by atoms with E-state index in [1.54, 1.807) is 0 Å². The molecule has 1 heterocycles. The van der Waals surface area contributed by atoms with Gasteiger partial charge in [0.1, 0.15) is 11.8 Å². The summed E-state index contributed by atoms with van der Waals surface area (Å²) >= 11 is 0. The molecule has 20 heavy (non-hydrogen) atoms. The average molecular weight is 266 g/mol. The maximum absolute atomic E-state index is 12.5. The zero-order chi connectivity index (χ0) is 13.9. The van der Waals surface area contributed by atoms with Crippen LogP contribution in [0, 0.1) is 0 Å². The summed E-state index contributed by atoms with van der Waals surface area (Å²) in [5.74, 6) is -0.204. The minimum atomic E-state index is -0.517. The lowest BCUT2D eigenvalue weighted by atomic mass is 9.91. The Morgan fingerprint density at radius 3 is 2.55 bits per heavy atom. The van der Waals surface area contributed by atoms with Gasteiger partial charge in [-0.1, -0.05) is 48.5 Å². The first-order chi connectivity index (χ1) is 9.79. The summed E-state index contributed by atoms with van der Waals surface area (Å²) in [6.07, 6.45) is 0.320. The number of amidine groups is 1. The fourth-order valence-corrected chi connectivity index (χ4v) is 2.49. The highest BCUT2D eigenvalue weighted by atomic mass is 16.5. The van der Waals surface area contributed by atoms with Crippen LogP contribution in [0.3, 0.4) is 0 Å². The molecule has 0 aliphatic carbocycles.